The predicted octanol–water partition coefficient (Wildman–Crippen LogP) is 4.50. The molecule has 0 radical (unpaired) electrons. The number of aromatic nitrogens is 2. The number of aryl methyl sites for hydroxylation is 1. The average Bonchev–Trinajstić information content (AvgIpc) is 3.07. The van der Waals surface area contributed by atoms with Gasteiger partial charge in [-0.1, -0.05) is 35.9 Å². The number of nitriles is 1. The van der Waals surface area contributed by atoms with E-state index in [0.717, 1.165) is 16.8 Å². The van der Waals surface area contributed by atoms with E-state index >= 15 is 0 Å². The van der Waals surface area contributed by atoms with Gasteiger partial charge < -0.3 is 10.5 Å². The first-order chi connectivity index (χ1) is 13.0. The lowest BCUT2D eigenvalue weighted by Gasteiger charge is -2.24. The van der Waals surface area contributed by atoms with E-state index in [0.29, 0.717) is 21.5 Å². The monoisotopic (exact) mass is 424 g/mol. The summed E-state index contributed by atoms with van der Waals surface area (Å²) in [6.07, 6.45) is 0. The fourth-order valence-electron chi connectivity index (χ4n) is 3.21. The molecule has 3 aromatic rings. The normalized spacial score (nSPS) is 15.9. The Hall–Kier alpha value is -3.11. The number of benzene rings is 2. The second kappa shape index (κ2) is 6.56. The van der Waals surface area contributed by atoms with Gasteiger partial charge in [0.05, 0.1) is 21.6 Å². The number of nitrogens with zero attached hydrogens (tertiary/aromatic N) is 2. The summed E-state index contributed by atoms with van der Waals surface area (Å²) < 4.78 is 19.6. The van der Waals surface area contributed by atoms with E-state index in [2.05, 4.69) is 32.2 Å². The summed E-state index contributed by atoms with van der Waals surface area (Å²) >= 11 is 3.21. The number of H-pyrrole nitrogens is 1. The van der Waals surface area contributed by atoms with Crippen LogP contribution in [-0.2, 0) is 0 Å². The molecule has 134 valence electrons. The average molecular weight is 425 g/mol. The Morgan fingerprint density at radius 1 is 1.26 bits per heavy atom. The minimum Gasteiger partial charge on any atom is -0.420 e. The van der Waals surface area contributed by atoms with Crippen LogP contribution in [0.4, 0.5) is 4.39 Å². The van der Waals surface area contributed by atoms with Crippen molar-refractivity contribution in [1.29, 1.82) is 5.26 Å². The highest BCUT2D eigenvalue weighted by atomic mass is 79.9. The van der Waals surface area contributed by atoms with E-state index in [1.165, 1.54) is 6.07 Å². The molecule has 0 saturated heterocycles. The van der Waals surface area contributed by atoms with Crippen molar-refractivity contribution in [2.24, 2.45) is 5.73 Å². The quantitative estimate of drug-likeness (QED) is 0.633. The Morgan fingerprint density at radius 2 is 2.00 bits per heavy atom. The maximum Gasteiger partial charge on any atom is 0.244 e. The number of hydrogen-bond acceptors (Lipinski definition) is 4. The van der Waals surface area contributed by atoms with Crippen LogP contribution < -0.4 is 10.5 Å². The Labute approximate surface area is 163 Å². The molecule has 0 fully saturated rings. The van der Waals surface area contributed by atoms with Crippen molar-refractivity contribution in [3.05, 3.63) is 80.9 Å². The predicted molar refractivity (Wildman–Crippen MR) is 102 cm³/mol. The molecule has 2 heterocycles. The van der Waals surface area contributed by atoms with Gasteiger partial charge in [0.25, 0.3) is 0 Å². The number of ether oxygens (including phenoxy) is 1. The van der Waals surface area contributed by atoms with Crippen LogP contribution in [0.15, 0.2) is 58.4 Å². The number of aromatic amines is 1. The third-order valence-corrected chi connectivity index (χ3v) is 5.16. The third kappa shape index (κ3) is 2.88. The van der Waals surface area contributed by atoms with E-state index in [1.807, 2.05) is 31.2 Å². The van der Waals surface area contributed by atoms with Crippen LogP contribution in [0, 0.1) is 24.1 Å². The highest BCUT2D eigenvalue weighted by Gasteiger charge is 2.35. The smallest absolute Gasteiger partial charge is 0.244 e. The number of nitrogens with two attached hydrogens (primary N) is 1. The Bertz CT molecular complexity index is 1110. The number of rotatable bonds is 2. The van der Waals surface area contributed by atoms with Gasteiger partial charge in [0.2, 0.25) is 11.8 Å². The first-order valence-corrected chi connectivity index (χ1v) is 8.96. The second-order valence-electron chi connectivity index (χ2n) is 6.28. The number of fused-ring (bicyclic) bond motifs is 1. The van der Waals surface area contributed by atoms with Crippen molar-refractivity contribution in [2.75, 3.05) is 0 Å². The summed E-state index contributed by atoms with van der Waals surface area (Å²) in [5, 5.41) is 16.9. The van der Waals surface area contributed by atoms with Gasteiger partial charge in [0.15, 0.2) is 0 Å². The van der Waals surface area contributed by atoms with Crippen LogP contribution in [0.1, 0.15) is 22.6 Å². The van der Waals surface area contributed by atoms with E-state index in [1.54, 1.807) is 12.1 Å². The Morgan fingerprint density at radius 3 is 2.67 bits per heavy atom. The summed E-state index contributed by atoms with van der Waals surface area (Å²) in [4.78, 5) is 0. The number of hydrogen-bond donors (Lipinski definition) is 2. The molecule has 1 atom stereocenters. The highest BCUT2D eigenvalue weighted by molar-refractivity contribution is 9.10. The van der Waals surface area contributed by atoms with Crippen LogP contribution in [-0.4, -0.2) is 10.2 Å². The van der Waals surface area contributed by atoms with Gasteiger partial charge in [-0.3, -0.25) is 5.10 Å². The SMILES string of the molecule is Cc1ccc(-c2[nH]nc3c2[C@@H](c2ccc(F)c(Br)c2)C(C#N)=C(N)O3)cc1. The van der Waals surface area contributed by atoms with Gasteiger partial charge in [-0.05, 0) is 40.5 Å². The van der Waals surface area contributed by atoms with Gasteiger partial charge in [0, 0.05) is 5.56 Å². The zero-order valence-corrected chi connectivity index (χ0v) is 15.8. The van der Waals surface area contributed by atoms with Crippen LogP contribution in [0.25, 0.3) is 11.3 Å². The minimum atomic E-state index is -0.522. The standard InChI is InChI=1S/C20H14BrFN4O/c1-10-2-4-11(5-3-10)18-17-16(12-6-7-15(22)14(21)8-12)13(9-23)19(24)27-20(17)26-25-18/h2-8,16H,24H2,1H3,(H,25,26)/t16-/m0/s1. The van der Waals surface area contributed by atoms with Crippen LogP contribution in [0.5, 0.6) is 5.88 Å². The fourth-order valence-corrected chi connectivity index (χ4v) is 3.61. The molecule has 0 bridgehead atoms. The van der Waals surface area contributed by atoms with Crippen LogP contribution in [0.3, 0.4) is 0 Å². The maximum absolute atomic E-state index is 13.7. The molecule has 4 rings (SSSR count). The van der Waals surface area contributed by atoms with E-state index in [4.69, 9.17) is 10.5 Å². The first kappa shape index (κ1) is 17.3. The molecule has 3 N–H and O–H groups in total. The fraction of sp³-hybridized carbons (Fsp3) is 0.100. The summed E-state index contributed by atoms with van der Waals surface area (Å²) in [5.74, 6) is -0.594. The van der Waals surface area contributed by atoms with Crippen molar-refractivity contribution >= 4 is 15.9 Å². The van der Waals surface area contributed by atoms with Gasteiger partial charge in [-0.2, -0.15) is 5.26 Å². The summed E-state index contributed by atoms with van der Waals surface area (Å²) in [6, 6.07) is 14.7. The van der Waals surface area contributed by atoms with Crippen LogP contribution in [0.2, 0.25) is 0 Å². The minimum absolute atomic E-state index is 0.00240. The molecule has 1 aromatic heterocycles. The highest BCUT2D eigenvalue weighted by Crippen LogP contribution is 2.46. The Kier molecular flexibility index (Phi) is 4.21. The molecule has 0 saturated carbocycles. The molecule has 0 unspecified atom stereocenters. The van der Waals surface area contributed by atoms with Gasteiger partial charge in [-0.25, -0.2) is 4.39 Å². The molecular weight excluding hydrogens is 411 g/mol. The van der Waals surface area contributed by atoms with Crippen molar-refractivity contribution in [2.45, 2.75) is 12.8 Å². The molecule has 2 aromatic carbocycles. The first-order valence-electron chi connectivity index (χ1n) is 8.17. The summed E-state index contributed by atoms with van der Waals surface area (Å²) in [5.41, 5.74) is 10.4. The third-order valence-electron chi connectivity index (χ3n) is 4.56. The van der Waals surface area contributed by atoms with Crippen molar-refractivity contribution in [3.63, 3.8) is 0 Å². The van der Waals surface area contributed by atoms with Crippen molar-refractivity contribution < 1.29 is 9.13 Å². The zero-order valence-electron chi connectivity index (χ0n) is 14.3. The summed E-state index contributed by atoms with van der Waals surface area (Å²) in [6.45, 7) is 2.01. The molecule has 0 aliphatic carbocycles. The molecule has 0 amide bonds. The molecule has 5 nitrogen and oxygen atoms in total. The molecule has 1 aliphatic rings. The molecule has 7 heteroatoms. The molecule has 1 aliphatic heterocycles. The van der Waals surface area contributed by atoms with Crippen molar-refractivity contribution in [3.8, 4) is 23.2 Å². The molecule has 27 heavy (non-hydrogen) atoms. The Balaban J connectivity index is 1.95. The van der Waals surface area contributed by atoms with E-state index in [-0.39, 0.29) is 17.3 Å². The number of allylic oxidation sites excluding steroid dienone is 1. The number of halogens is 2. The van der Waals surface area contributed by atoms with E-state index in [9.17, 15) is 9.65 Å². The van der Waals surface area contributed by atoms with Gasteiger partial charge in [0.1, 0.15) is 17.5 Å². The maximum atomic E-state index is 13.7. The number of nitrogens with one attached hydrogen (secondary N) is 1. The lowest BCUT2D eigenvalue weighted by Crippen LogP contribution is -2.21. The van der Waals surface area contributed by atoms with Gasteiger partial charge in [-0.15, -0.1) is 5.10 Å². The lowest BCUT2D eigenvalue weighted by molar-refractivity contribution is 0.379. The van der Waals surface area contributed by atoms with E-state index < -0.39 is 5.92 Å². The topological polar surface area (TPSA) is 87.7 Å². The van der Waals surface area contributed by atoms with Gasteiger partial charge >= 0.3 is 0 Å². The van der Waals surface area contributed by atoms with Crippen molar-refractivity contribution in [1.82, 2.24) is 10.2 Å². The lowest BCUT2D eigenvalue weighted by atomic mass is 9.83. The molecule has 0 spiro atoms. The largest absolute Gasteiger partial charge is 0.420 e. The molecular formula is C20H14BrFN4O. The summed E-state index contributed by atoms with van der Waals surface area (Å²) in [7, 11) is 0. The van der Waals surface area contributed by atoms with Crippen LogP contribution >= 0.6 is 15.9 Å². The second-order valence-corrected chi connectivity index (χ2v) is 7.14. The zero-order chi connectivity index (χ0) is 19.1.